The highest BCUT2D eigenvalue weighted by Crippen LogP contribution is 2.33. The molecule has 1 unspecified atom stereocenters. The highest BCUT2D eigenvalue weighted by Gasteiger charge is 2.26. The molecule has 0 amide bonds. The summed E-state index contributed by atoms with van der Waals surface area (Å²) in [6.07, 6.45) is 6.14. The Morgan fingerprint density at radius 1 is 1.23 bits per heavy atom. The number of hydrogen-bond donors (Lipinski definition) is 2. The molecule has 26 heavy (non-hydrogen) atoms. The molecule has 0 radical (unpaired) electrons. The molecule has 3 aromatic rings. The lowest BCUT2D eigenvalue weighted by molar-refractivity contribution is 0.429. The van der Waals surface area contributed by atoms with Gasteiger partial charge in [0.25, 0.3) is 5.89 Å². The zero-order valence-electron chi connectivity index (χ0n) is 15.1. The van der Waals surface area contributed by atoms with E-state index in [0.29, 0.717) is 17.6 Å². The first kappa shape index (κ1) is 15.7. The number of H-pyrrole nitrogens is 1. The average Bonchev–Trinajstić information content (AvgIpc) is 3.28. The molecule has 0 aromatic carbocycles. The Labute approximate surface area is 151 Å². The van der Waals surface area contributed by atoms with Crippen LogP contribution in [0.5, 0.6) is 0 Å². The zero-order chi connectivity index (χ0) is 17.7. The molecule has 7 heteroatoms. The van der Waals surface area contributed by atoms with Crippen LogP contribution in [0, 0.1) is 12.8 Å². The monoisotopic (exact) mass is 350 g/mol. The van der Waals surface area contributed by atoms with Gasteiger partial charge < -0.3 is 9.84 Å². The Morgan fingerprint density at radius 2 is 2.15 bits per heavy atom. The molecule has 4 heterocycles. The van der Waals surface area contributed by atoms with E-state index in [1.54, 1.807) is 0 Å². The van der Waals surface area contributed by atoms with Crippen LogP contribution in [0.25, 0.3) is 23.0 Å². The SMILES string of the molecule is Cc1ncc2c(c1-c1noc(-c3n[nH]c4c3CC(C)CC4)n1)CCNC2. The molecule has 0 saturated carbocycles. The Morgan fingerprint density at radius 3 is 3.08 bits per heavy atom. The number of fused-ring (bicyclic) bond motifs is 2. The van der Waals surface area contributed by atoms with Crippen LogP contribution in [0.2, 0.25) is 0 Å². The van der Waals surface area contributed by atoms with Crippen molar-refractivity contribution in [1.29, 1.82) is 0 Å². The second-order valence-electron chi connectivity index (χ2n) is 7.45. The summed E-state index contributed by atoms with van der Waals surface area (Å²) < 4.78 is 5.62. The minimum atomic E-state index is 0.498. The van der Waals surface area contributed by atoms with Crippen molar-refractivity contribution in [3.63, 3.8) is 0 Å². The fourth-order valence-electron chi connectivity index (χ4n) is 4.13. The van der Waals surface area contributed by atoms with E-state index >= 15 is 0 Å². The first-order valence-corrected chi connectivity index (χ1v) is 9.29. The fourth-order valence-corrected chi connectivity index (χ4v) is 4.13. The zero-order valence-corrected chi connectivity index (χ0v) is 15.1. The third-order valence-corrected chi connectivity index (χ3v) is 5.58. The summed E-state index contributed by atoms with van der Waals surface area (Å²) in [5, 5.41) is 15.3. The van der Waals surface area contributed by atoms with Crippen molar-refractivity contribution in [2.24, 2.45) is 5.92 Å². The minimum Gasteiger partial charge on any atom is -0.332 e. The third kappa shape index (κ3) is 2.46. The van der Waals surface area contributed by atoms with Crippen molar-refractivity contribution in [2.75, 3.05) is 6.54 Å². The second-order valence-corrected chi connectivity index (χ2v) is 7.45. The molecule has 3 aromatic heterocycles. The normalized spacial score (nSPS) is 19.2. The van der Waals surface area contributed by atoms with Crippen LogP contribution in [0.4, 0.5) is 0 Å². The van der Waals surface area contributed by atoms with E-state index in [1.165, 1.54) is 28.8 Å². The van der Waals surface area contributed by atoms with Crippen molar-refractivity contribution >= 4 is 0 Å². The minimum absolute atomic E-state index is 0.498. The predicted octanol–water partition coefficient (Wildman–Crippen LogP) is 2.60. The smallest absolute Gasteiger partial charge is 0.279 e. The Hall–Kier alpha value is -2.54. The summed E-state index contributed by atoms with van der Waals surface area (Å²) in [5.41, 5.74) is 7.69. The van der Waals surface area contributed by atoms with E-state index in [1.807, 2.05) is 13.1 Å². The molecule has 5 rings (SSSR count). The van der Waals surface area contributed by atoms with Gasteiger partial charge in [-0.2, -0.15) is 10.1 Å². The lowest BCUT2D eigenvalue weighted by Gasteiger charge is -2.19. The van der Waals surface area contributed by atoms with Crippen LogP contribution in [0.3, 0.4) is 0 Å². The van der Waals surface area contributed by atoms with Crippen molar-refractivity contribution in [2.45, 2.75) is 46.1 Å². The molecule has 1 aliphatic heterocycles. The van der Waals surface area contributed by atoms with E-state index in [2.05, 4.69) is 32.6 Å². The second kappa shape index (κ2) is 6.02. The number of pyridine rings is 1. The van der Waals surface area contributed by atoms with E-state index in [0.717, 1.165) is 49.3 Å². The number of aromatic amines is 1. The van der Waals surface area contributed by atoms with Crippen molar-refractivity contribution in [1.82, 2.24) is 30.6 Å². The molecule has 134 valence electrons. The molecule has 2 aliphatic rings. The third-order valence-electron chi connectivity index (χ3n) is 5.58. The van der Waals surface area contributed by atoms with E-state index < -0.39 is 0 Å². The van der Waals surface area contributed by atoms with Crippen molar-refractivity contribution in [3.8, 4) is 23.0 Å². The van der Waals surface area contributed by atoms with Crippen molar-refractivity contribution < 1.29 is 4.52 Å². The number of aryl methyl sites for hydroxylation is 2. The van der Waals surface area contributed by atoms with Crippen LogP contribution >= 0.6 is 0 Å². The summed E-state index contributed by atoms with van der Waals surface area (Å²) in [7, 11) is 0. The molecular weight excluding hydrogens is 328 g/mol. The highest BCUT2D eigenvalue weighted by molar-refractivity contribution is 5.67. The number of nitrogens with one attached hydrogen (secondary N) is 2. The Bertz CT molecular complexity index is 973. The summed E-state index contributed by atoms with van der Waals surface area (Å²) >= 11 is 0. The molecule has 2 N–H and O–H groups in total. The maximum absolute atomic E-state index is 5.62. The van der Waals surface area contributed by atoms with Gasteiger partial charge in [0.1, 0.15) is 0 Å². The molecule has 0 fully saturated rings. The first-order valence-electron chi connectivity index (χ1n) is 9.29. The quantitative estimate of drug-likeness (QED) is 0.738. The molecule has 0 bridgehead atoms. The summed E-state index contributed by atoms with van der Waals surface area (Å²) in [6.45, 7) is 6.08. The standard InChI is InChI=1S/C19H22N6O/c1-10-3-4-15-14(7-10)17(24-23-15)19-22-18(25-26-19)16-11(2)21-9-12-8-20-6-5-13(12)16/h9-10,20H,3-8H2,1-2H3,(H,23,24). The number of rotatable bonds is 2. The molecule has 0 spiro atoms. The van der Waals surface area contributed by atoms with Gasteiger partial charge in [-0.3, -0.25) is 10.1 Å². The highest BCUT2D eigenvalue weighted by atomic mass is 16.5. The summed E-state index contributed by atoms with van der Waals surface area (Å²) in [5.74, 6) is 1.77. The van der Waals surface area contributed by atoms with Crippen LogP contribution in [0.1, 0.15) is 41.4 Å². The van der Waals surface area contributed by atoms with E-state index in [-0.39, 0.29) is 0 Å². The van der Waals surface area contributed by atoms with Crippen molar-refractivity contribution in [3.05, 3.63) is 34.3 Å². The fraction of sp³-hybridized carbons (Fsp3) is 0.474. The Kier molecular flexibility index (Phi) is 3.63. The molecule has 7 nitrogen and oxygen atoms in total. The van der Waals surface area contributed by atoms with E-state index in [4.69, 9.17) is 9.51 Å². The molecule has 1 aliphatic carbocycles. The number of nitrogens with zero attached hydrogens (tertiary/aromatic N) is 4. The van der Waals surface area contributed by atoms with Gasteiger partial charge in [0.15, 0.2) is 5.69 Å². The lowest BCUT2D eigenvalue weighted by atomic mass is 9.88. The van der Waals surface area contributed by atoms with Gasteiger partial charge in [-0.25, -0.2) is 0 Å². The molecule has 1 atom stereocenters. The van der Waals surface area contributed by atoms with Gasteiger partial charge in [-0.15, -0.1) is 0 Å². The largest absolute Gasteiger partial charge is 0.332 e. The topological polar surface area (TPSA) is 92.5 Å². The number of aromatic nitrogens is 5. The molecule has 0 saturated heterocycles. The van der Waals surface area contributed by atoms with Gasteiger partial charge in [0, 0.05) is 35.3 Å². The van der Waals surface area contributed by atoms with Crippen LogP contribution in [-0.2, 0) is 25.8 Å². The maximum Gasteiger partial charge on any atom is 0.279 e. The van der Waals surface area contributed by atoms with Gasteiger partial charge in [-0.05, 0) is 56.2 Å². The van der Waals surface area contributed by atoms with Gasteiger partial charge >= 0.3 is 0 Å². The number of hydrogen-bond acceptors (Lipinski definition) is 6. The predicted molar refractivity (Wildman–Crippen MR) is 96.4 cm³/mol. The lowest BCUT2D eigenvalue weighted by Crippen LogP contribution is -2.24. The van der Waals surface area contributed by atoms with Gasteiger partial charge in [0.05, 0.1) is 0 Å². The maximum atomic E-state index is 5.62. The van der Waals surface area contributed by atoms with Gasteiger partial charge in [-0.1, -0.05) is 12.1 Å². The Balaban J connectivity index is 1.58. The van der Waals surface area contributed by atoms with Crippen LogP contribution in [0.15, 0.2) is 10.7 Å². The van der Waals surface area contributed by atoms with Gasteiger partial charge in [0.2, 0.25) is 5.82 Å². The average molecular weight is 350 g/mol. The summed E-state index contributed by atoms with van der Waals surface area (Å²) in [6, 6.07) is 0. The first-order chi connectivity index (χ1) is 12.7. The summed E-state index contributed by atoms with van der Waals surface area (Å²) in [4.78, 5) is 9.24. The van der Waals surface area contributed by atoms with Crippen LogP contribution < -0.4 is 5.32 Å². The van der Waals surface area contributed by atoms with E-state index in [9.17, 15) is 0 Å². The van der Waals surface area contributed by atoms with Crippen LogP contribution in [-0.4, -0.2) is 31.9 Å². The molecular formula is C19H22N6O.